The molecule has 0 amide bonds. The topological polar surface area (TPSA) is 165 Å². The van der Waals surface area contributed by atoms with E-state index < -0.39 is 35.9 Å². The summed E-state index contributed by atoms with van der Waals surface area (Å²) in [6, 6.07) is 3.81. The number of carboxylic acid groups (broad SMARTS) is 1. The normalized spacial score (nSPS) is 29.5. The molecule has 4 atom stereocenters. The molecule has 0 radical (unpaired) electrons. The zero-order chi connectivity index (χ0) is 18.8. The van der Waals surface area contributed by atoms with Gasteiger partial charge in [0.2, 0.25) is 0 Å². The largest absolute Gasteiger partial charge is 0.504 e. The number of rotatable bonds is 4. The van der Waals surface area contributed by atoms with Crippen molar-refractivity contribution < 1.29 is 45.0 Å². The van der Waals surface area contributed by atoms with Gasteiger partial charge in [0, 0.05) is 6.08 Å². The van der Waals surface area contributed by atoms with Crippen LogP contribution in [0.25, 0.3) is 6.08 Å². The number of carboxylic acids is 1. The Hall–Kier alpha value is -2.62. The van der Waals surface area contributed by atoms with Crippen molar-refractivity contribution in [1.29, 1.82) is 0 Å². The molecule has 0 heterocycles. The highest BCUT2D eigenvalue weighted by molar-refractivity contribution is 5.87. The summed E-state index contributed by atoms with van der Waals surface area (Å²) >= 11 is 0. The van der Waals surface area contributed by atoms with Crippen molar-refractivity contribution in [3.63, 3.8) is 0 Å². The van der Waals surface area contributed by atoms with Gasteiger partial charge < -0.3 is 35.4 Å². The van der Waals surface area contributed by atoms with E-state index >= 15 is 0 Å². The number of benzene rings is 1. The molecule has 1 fully saturated rings. The lowest BCUT2D eigenvalue weighted by Gasteiger charge is -2.40. The maximum absolute atomic E-state index is 11.8. The zero-order valence-corrected chi connectivity index (χ0v) is 12.9. The van der Waals surface area contributed by atoms with Crippen molar-refractivity contribution in [3.05, 3.63) is 29.8 Å². The molecule has 0 saturated heterocycles. The standard InChI is InChI=1S/C16H18O9/c17-9-3-1-8(7-11(9)19)2-4-12(20)25-13-10(18)5-6-16(24,14(13)21)15(22)23/h1-4,7,10,13-14,17-19,21,24H,5-6H2,(H,22,23)/b4-2+/t10-,13+,14+,16-/m1/s1. The van der Waals surface area contributed by atoms with Crippen LogP contribution in [0.3, 0.4) is 0 Å². The first-order valence-electron chi connectivity index (χ1n) is 7.37. The molecular weight excluding hydrogens is 336 g/mol. The van der Waals surface area contributed by atoms with Crippen molar-refractivity contribution in [3.8, 4) is 11.5 Å². The monoisotopic (exact) mass is 354 g/mol. The molecule has 0 aliphatic heterocycles. The molecule has 0 bridgehead atoms. The van der Waals surface area contributed by atoms with Crippen molar-refractivity contribution in [2.45, 2.75) is 36.8 Å². The molecule has 1 aliphatic carbocycles. The Morgan fingerprint density at radius 1 is 1.20 bits per heavy atom. The number of aliphatic carboxylic acids is 1. The van der Waals surface area contributed by atoms with Gasteiger partial charge in [-0.1, -0.05) is 6.07 Å². The summed E-state index contributed by atoms with van der Waals surface area (Å²) in [6.07, 6.45) is -3.32. The quantitative estimate of drug-likeness (QED) is 0.234. The van der Waals surface area contributed by atoms with Crippen LogP contribution in [0.15, 0.2) is 24.3 Å². The number of aromatic hydroxyl groups is 2. The van der Waals surface area contributed by atoms with E-state index in [0.717, 1.165) is 6.08 Å². The van der Waals surface area contributed by atoms with Crippen LogP contribution in [0.2, 0.25) is 0 Å². The van der Waals surface area contributed by atoms with Gasteiger partial charge in [-0.05, 0) is 36.6 Å². The van der Waals surface area contributed by atoms with Crippen LogP contribution >= 0.6 is 0 Å². The van der Waals surface area contributed by atoms with Crippen LogP contribution in [-0.2, 0) is 14.3 Å². The average Bonchev–Trinajstić information content (AvgIpc) is 2.56. The van der Waals surface area contributed by atoms with E-state index in [1.165, 1.54) is 24.3 Å². The Balaban J connectivity index is 2.08. The fraction of sp³-hybridized carbons (Fsp3) is 0.375. The summed E-state index contributed by atoms with van der Waals surface area (Å²) in [5, 5.41) is 57.3. The third-order valence-electron chi connectivity index (χ3n) is 4.03. The Morgan fingerprint density at radius 3 is 2.48 bits per heavy atom. The smallest absolute Gasteiger partial charge is 0.338 e. The van der Waals surface area contributed by atoms with Gasteiger partial charge in [0.05, 0.1) is 6.10 Å². The Bertz CT molecular complexity index is 699. The lowest BCUT2D eigenvalue weighted by atomic mass is 9.79. The molecule has 1 aliphatic rings. The fourth-order valence-electron chi connectivity index (χ4n) is 2.52. The third kappa shape index (κ3) is 3.90. The number of phenolic OH excluding ortho intramolecular Hbond substituents is 2. The summed E-state index contributed by atoms with van der Waals surface area (Å²) in [4.78, 5) is 22.9. The lowest BCUT2D eigenvalue weighted by molar-refractivity contribution is -0.214. The van der Waals surface area contributed by atoms with Gasteiger partial charge in [-0.2, -0.15) is 0 Å². The molecule has 2 rings (SSSR count). The van der Waals surface area contributed by atoms with Crippen LogP contribution in [0.4, 0.5) is 0 Å². The number of phenols is 2. The molecule has 1 aromatic carbocycles. The number of carbonyl (C=O) groups is 2. The highest BCUT2D eigenvalue weighted by Crippen LogP contribution is 2.31. The molecule has 136 valence electrons. The minimum absolute atomic E-state index is 0.173. The van der Waals surface area contributed by atoms with Crippen LogP contribution < -0.4 is 0 Å². The second-order valence-corrected chi connectivity index (χ2v) is 5.76. The lowest BCUT2D eigenvalue weighted by Crippen LogP contribution is -2.62. The minimum Gasteiger partial charge on any atom is -0.504 e. The van der Waals surface area contributed by atoms with E-state index in [4.69, 9.17) is 9.84 Å². The molecule has 1 aromatic rings. The predicted octanol–water partition coefficient (Wildman–Crippen LogP) is -0.646. The SMILES string of the molecule is O=C(/C=C/c1ccc(O)c(O)c1)O[C@H]1[C@H](O)CC[C@](O)(C(=O)O)[C@H]1O. The van der Waals surface area contributed by atoms with Gasteiger partial charge in [0.1, 0.15) is 6.10 Å². The van der Waals surface area contributed by atoms with Crippen molar-refractivity contribution >= 4 is 18.0 Å². The summed E-state index contributed by atoms with van der Waals surface area (Å²) in [6.45, 7) is 0. The number of aliphatic hydroxyl groups is 3. The number of carbonyl (C=O) groups excluding carboxylic acids is 1. The summed E-state index contributed by atoms with van der Waals surface area (Å²) in [7, 11) is 0. The van der Waals surface area contributed by atoms with Crippen molar-refractivity contribution in [2.75, 3.05) is 0 Å². The van der Waals surface area contributed by atoms with Gasteiger partial charge >= 0.3 is 11.9 Å². The van der Waals surface area contributed by atoms with Gasteiger partial charge in [-0.3, -0.25) is 0 Å². The number of esters is 1. The minimum atomic E-state index is -2.52. The van der Waals surface area contributed by atoms with Gasteiger partial charge in [-0.25, -0.2) is 9.59 Å². The average molecular weight is 354 g/mol. The molecule has 1 saturated carbocycles. The van der Waals surface area contributed by atoms with E-state index in [9.17, 15) is 35.1 Å². The van der Waals surface area contributed by atoms with E-state index in [0.29, 0.717) is 5.56 Å². The maximum atomic E-state index is 11.8. The van der Waals surface area contributed by atoms with E-state index in [1.54, 1.807) is 0 Å². The van der Waals surface area contributed by atoms with E-state index in [-0.39, 0.29) is 24.3 Å². The van der Waals surface area contributed by atoms with Crippen LogP contribution in [0.1, 0.15) is 18.4 Å². The molecule has 9 nitrogen and oxygen atoms in total. The fourth-order valence-corrected chi connectivity index (χ4v) is 2.52. The number of aliphatic hydroxyl groups excluding tert-OH is 2. The second kappa shape index (κ2) is 7.09. The number of ether oxygens (including phenoxy) is 1. The van der Waals surface area contributed by atoms with Crippen LogP contribution in [-0.4, -0.2) is 66.5 Å². The summed E-state index contributed by atoms with van der Waals surface area (Å²) < 4.78 is 4.88. The van der Waals surface area contributed by atoms with Crippen molar-refractivity contribution in [2.24, 2.45) is 0 Å². The predicted molar refractivity (Wildman–Crippen MR) is 82.5 cm³/mol. The molecule has 25 heavy (non-hydrogen) atoms. The highest BCUT2D eigenvalue weighted by atomic mass is 16.6. The molecule has 0 spiro atoms. The Labute approximate surface area is 142 Å². The first-order chi connectivity index (χ1) is 11.6. The molecule has 0 aromatic heterocycles. The van der Waals surface area contributed by atoms with Crippen molar-refractivity contribution in [1.82, 2.24) is 0 Å². The molecular formula is C16H18O9. The summed E-state index contributed by atoms with van der Waals surface area (Å²) in [5.41, 5.74) is -2.16. The highest BCUT2D eigenvalue weighted by Gasteiger charge is 2.54. The maximum Gasteiger partial charge on any atom is 0.338 e. The second-order valence-electron chi connectivity index (χ2n) is 5.76. The zero-order valence-electron chi connectivity index (χ0n) is 12.9. The van der Waals surface area contributed by atoms with Gasteiger partial charge in [0.25, 0.3) is 0 Å². The van der Waals surface area contributed by atoms with E-state index in [1.807, 2.05) is 0 Å². The van der Waals surface area contributed by atoms with Crippen LogP contribution in [0, 0.1) is 0 Å². The van der Waals surface area contributed by atoms with Gasteiger partial charge in [-0.15, -0.1) is 0 Å². The number of hydrogen-bond acceptors (Lipinski definition) is 8. The first kappa shape index (κ1) is 18.7. The van der Waals surface area contributed by atoms with Crippen LogP contribution in [0.5, 0.6) is 11.5 Å². The summed E-state index contributed by atoms with van der Waals surface area (Å²) in [5.74, 6) is -3.39. The molecule has 9 heteroatoms. The Kier molecular flexibility index (Phi) is 5.31. The van der Waals surface area contributed by atoms with Gasteiger partial charge in [0.15, 0.2) is 23.2 Å². The Morgan fingerprint density at radius 2 is 1.88 bits per heavy atom. The van der Waals surface area contributed by atoms with E-state index in [2.05, 4.69) is 0 Å². The molecule has 6 N–H and O–H groups in total. The number of hydrogen-bond donors (Lipinski definition) is 6. The third-order valence-corrected chi connectivity index (χ3v) is 4.03. The molecule has 0 unspecified atom stereocenters. The first-order valence-corrected chi connectivity index (χ1v) is 7.37.